The number of benzene rings is 1. The highest BCUT2D eigenvalue weighted by Crippen LogP contribution is 2.27. The maximum atomic E-state index is 12.2. The topological polar surface area (TPSA) is 55.1 Å². The van der Waals surface area contributed by atoms with Crippen molar-refractivity contribution in [2.24, 2.45) is 5.92 Å². The van der Waals surface area contributed by atoms with E-state index in [1.807, 2.05) is 13.8 Å². The van der Waals surface area contributed by atoms with Crippen molar-refractivity contribution >= 4 is 28.9 Å². The molecule has 1 aromatic carbocycles. The fourth-order valence-corrected chi connectivity index (χ4v) is 2.21. The van der Waals surface area contributed by atoms with Crippen molar-refractivity contribution in [1.29, 1.82) is 0 Å². The van der Waals surface area contributed by atoms with Crippen molar-refractivity contribution in [2.75, 3.05) is 11.1 Å². The third-order valence-electron chi connectivity index (χ3n) is 3.37. The zero-order valence-corrected chi connectivity index (χ0v) is 12.7. The molecular formula is C15H23ClN2O. The van der Waals surface area contributed by atoms with Crippen LogP contribution < -0.4 is 11.1 Å². The summed E-state index contributed by atoms with van der Waals surface area (Å²) in [5.41, 5.74) is 7.94. The zero-order valence-electron chi connectivity index (χ0n) is 11.9. The van der Waals surface area contributed by atoms with E-state index in [1.54, 1.807) is 12.1 Å². The fourth-order valence-electron chi connectivity index (χ4n) is 2.04. The summed E-state index contributed by atoms with van der Waals surface area (Å²) < 4.78 is 0. The Bertz CT molecular complexity index is 446. The summed E-state index contributed by atoms with van der Waals surface area (Å²) in [6, 6.07) is 3.50. The number of halogens is 1. The number of nitrogen functional groups attached to an aromatic ring is 1. The average Bonchev–Trinajstić information content (AvgIpc) is 2.37. The van der Waals surface area contributed by atoms with Gasteiger partial charge in [-0.05, 0) is 37.5 Å². The van der Waals surface area contributed by atoms with E-state index in [0.717, 1.165) is 36.9 Å². The first kappa shape index (κ1) is 15.8. The van der Waals surface area contributed by atoms with Gasteiger partial charge in [0.2, 0.25) is 5.91 Å². The minimum absolute atomic E-state index is 0.0654. The van der Waals surface area contributed by atoms with Crippen LogP contribution in [0.1, 0.15) is 45.1 Å². The molecule has 1 atom stereocenters. The lowest BCUT2D eigenvalue weighted by Gasteiger charge is -2.16. The summed E-state index contributed by atoms with van der Waals surface area (Å²) in [6.45, 7) is 6.09. The van der Waals surface area contributed by atoms with E-state index in [0.29, 0.717) is 10.7 Å². The minimum Gasteiger partial charge on any atom is -0.398 e. The monoisotopic (exact) mass is 282 g/mol. The smallest absolute Gasteiger partial charge is 0.227 e. The molecule has 4 heteroatoms. The van der Waals surface area contributed by atoms with Crippen LogP contribution in [-0.4, -0.2) is 5.91 Å². The van der Waals surface area contributed by atoms with E-state index in [4.69, 9.17) is 17.3 Å². The summed E-state index contributed by atoms with van der Waals surface area (Å²) in [5.74, 6) is 0.135. The van der Waals surface area contributed by atoms with Crippen LogP contribution in [0.3, 0.4) is 0 Å². The van der Waals surface area contributed by atoms with Gasteiger partial charge < -0.3 is 11.1 Å². The highest BCUT2D eigenvalue weighted by Gasteiger charge is 2.17. The molecule has 0 aliphatic rings. The van der Waals surface area contributed by atoms with Crippen LogP contribution in [0.25, 0.3) is 0 Å². The second-order valence-electron chi connectivity index (χ2n) is 4.93. The van der Waals surface area contributed by atoms with Gasteiger partial charge in [0.25, 0.3) is 0 Å². The number of hydrogen-bond donors (Lipinski definition) is 2. The summed E-state index contributed by atoms with van der Waals surface area (Å²) in [7, 11) is 0. The third-order valence-corrected chi connectivity index (χ3v) is 3.70. The number of hydrogen-bond acceptors (Lipinski definition) is 2. The Labute approximate surface area is 120 Å². The Morgan fingerprint density at radius 2 is 2.11 bits per heavy atom. The minimum atomic E-state index is 0.0654. The summed E-state index contributed by atoms with van der Waals surface area (Å²) >= 11 is 5.99. The summed E-state index contributed by atoms with van der Waals surface area (Å²) in [6.07, 6.45) is 3.97. The van der Waals surface area contributed by atoms with Crippen molar-refractivity contribution in [3.63, 3.8) is 0 Å². The van der Waals surface area contributed by atoms with Crippen molar-refractivity contribution in [2.45, 2.75) is 46.5 Å². The molecule has 1 aromatic rings. The number of rotatable bonds is 6. The largest absolute Gasteiger partial charge is 0.398 e. The SMILES string of the molecule is CCCCC(CC)C(=O)Nc1cc(Cl)c(N)cc1C. The molecule has 0 fully saturated rings. The van der Waals surface area contributed by atoms with E-state index in [1.165, 1.54) is 0 Å². The first-order chi connectivity index (χ1) is 8.99. The molecule has 3 N–H and O–H groups in total. The van der Waals surface area contributed by atoms with Gasteiger partial charge in [0.05, 0.1) is 10.7 Å². The first-order valence-electron chi connectivity index (χ1n) is 6.86. The number of nitrogens with two attached hydrogens (primary N) is 1. The number of nitrogens with one attached hydrogen (secondary N) is 1. The second-order valence-corrected chi connectivity index (χ2v) is 5.33. The number of unbranched alkanes of at least 4 members (excludes halogenated alkanes) is 1. The maximum absolute atomic E-state index is 12.2. The van der Waals surface area contributed by atoms with Crippen LogP contribution in [0, 0.1) is 12.8 Å². The van der Waals surface area contributed by atoms with E-state index in [2.05, 4.69) is 12.2 Å². The van der Waals surface area contributed by atoms with Crippen molar-refractivity contribution < 1.29 is 4.79 Å². The van der Waals surface area contributed by atoms with Crippen LogP contribution >= 0.6 is 11.6 Å². The van der Waals surface area contributed by atoms with Crippen molar-refractivity contribution in [1.82, 2.24) is 0 Å². The average molecular weight is 283 g/mol. The molecule has 0 saturated heterocycles. The lowest BCUT2D eigenvalue weighted by Crippen LogP contribution is -2.22. The van der Waals surface area contributed by atoms with Gasteiger partial charge in [-0.25, -0.2) is 0 Å². The molecule has 0 bridgehead atoms. The fraction of sp³-hybridized carbons (Fsp3) is 0.533. The van der Waals surface area contributed by atoms with E-state index >= 15 is 0 Å². The van der Waals surface area contributed by atoms with Crippen LogP contribution in [0.4, 0.5) is 11.4 Å². The summed E-state index contributed by atoms with van der Waals surface area (Å²) in [5, 5.41) is 3.43. The molecule has 1 rings (SSSR count). The van der Waals surface area contributed by atoms with E-state index in [9.17, 15) is 4.79 Å². The molecule has 0 aromatic heterocycles. The lowest BCUT2D eigenvalue weighted by molar-refractivity contribution is -0.120. The predicted octanol–water partition coefficient (Wildman–Crippen LogP) is 4.39. The molecule has 0 radical (unpaired) electrons. The molecule has 0 aliphatic heterocycles. The van der Waals surface area contributed by atoms with Crippen molar-refractivity contribution in [3.05, 3.63) is 22.7 Å². The molecule has 0 saturated carbocycles. The van der Waals surface area contributed by atoms with E-state index < -0.39 is 0 Å². The Morgan fingerprint density at radius 1 is 1.42 bits per heavy atom. The lowest BCUT2D eigenvalue weighted by atomic mass is 9.98. The molecule has 0 spiro atoms. The van der Waals surface area contributed by atoms with Gasteiger partial charge in [0.15, 0.2) is 0 Å². The third kappa shape index (κ3) is 4.43. The van der Waals surface area contributed by atoms with Gasteiger partial charge in [-0.2, -0.15) is 0 Å². The molecular weight excluding hydrogens is 260 g/mol. The van der Waals surface area contributed by atoms with Crippen molar-refractivity contribution in [3.8, 4) is 0 Å². The van der Waals surface area contributed by atoms with Crippen LogP contribution in [0.2, 0.25) is 5.02 Å². The Hall–Kier alpha value is -1.22. The maximum Gasteiger partial charge on any atom is 0.227 e. The molecule has 1 amide bonds. The zero-order chi connectivity index (χ0) is 14.4. The van der Waals surface area contributed by atoms with Crippen LogP contribution in [-0.2, 0) is 4.79 Å². The number of aryl methyl sites for hydroxylation is 1. The number of carbonyl (C=O) groups is 1. The normalized spacial score (nSPS) is 12.2. The molecule has 0 aliphatic carbocycles. The number of amides is 1. The quantitative estimate of drug-likeness (QED) is 0.761. The summed E-state index contributed by atoms with van der Waals surface area (Å²) in [4.78, 5) is 12.2. The first-order valence-corrected chi connectivity index (χ1v) is 7.23. The number of carbonyl (C=O) groups excluding carboxylic acids is 1. The van der Waals surface area contributed by atoms with Crippen LogP contribution in [0.15, 0.2) is 12.1 Å². The van der Waals surface area contributed by atoms with Gasteiger partial charge in [0, 0.05) is 11.6 Å². The second kappa shape index (κ2) is 7.39. The molecule has 106 valence electrons. The van der Waals surface area contributed by atoms with Gasteiger partial charge in [-0.15, -0.1) is 0 Å². The molecule has 3 nitrogen and oxygen atoms in total. The number of anilines is 2. The molecule has 1 unspecified atom stereocenters. The Kier molecular flexibility index (Phi) is 6.16. The van der Waals surface area contributed by atoms with Gasteiger partial charge >= 0.3 is 0 Å². The standard InChI is InChI=1S/C15H23ClN2O/c1-4-6-7-11(5-2)15(19)18-14-9-12(16)13(17)8-10(14)3/h8-9,11H,4-7,17H2,1-3H3,(H,18,19). The highest BCUT2D eigenvalue weighted by molar-refractivity contribution is 6.33. The van der Waals surface area contributed by atoms with Gasteiger partial charge in [0.1, 0.15) is 0 Å². The van der Waals surface area contributed by atoms with Gasteiger partial charge in [-0.1, -0.05) is 38.3 Å². The van der Waals surface area contributed by atoms with E-state index in [-0.39, 0.29) is 11.8 Å². The molecule has 0 heterocycles. The van der Waals surface area contributed by atoms with Gasteiger partial charge in [-0.3, -0.25) is 4.79 Å². The molecule has 19 heavy (non-hydrogen) atoms. The Morgan fingerprint density at radius 3 is 2.68 bits per heavy atom. The van der Waals surface area contributed by atoms with Crippen LogP contribution in [0.5, 0.6) is 0 Å². The predicted molar refractivity (Wildman–Crippen MR) is 82.5 cm³/mol. The highest BCUT2D eigenvalue weighted by atomic mass is 35.5. The Balaban J connectivity index is 2.78.